The number of aromatic amines is 1. The summed E-state index contributed by atoms with van der Waals surface area (Å²) in [5, 5.41) is 2.94. The van der Waals surface area contributed by atoms with Gasteiger partial charge in [-0.2, -0.15) is 0 Å². The second kappa shape index (κ2) is 8.25. The number of carbonyl (C=O) groups excluding carboxylic acids is 2. The van der Waals surface area contributed by atoms with Gasteiger partial charge in [-0.15, -0.1) is 11.8 Å². The quantitative estimate of drug-likeness (QED) is 0.609. The Hall–Kier alpha value is -2.21. The van der Waals surface area contributed by atoms with Gasteiger partial charge in [0.05, 0.1) is 18.0 Å². The molecule has 132 valence electrons. The summed E-state index contributed by atoms with van der Waals surface area (Å²) in [6.07, 6.45) is 3.92. The molecule has 0 fully saturated rings. The van der Waals surface area contributed by atoms with Crippen LogP contribution in [0.15, 0.2) is 35.2 Å². The minimum atomic E-state index is -0.414. The first kappa shape index (κ1) is 17.6. The maximum Gasteiger partial charge on any atom is 0.356 e. The summed E-state index contributed by atoms with van der Waals surface area (Å²) in [4.78, 5) is 28.8. The molecule has 1 amide bonds. The highest BCUT2D eigenvalue weighted by atomic mass is 32.2. The number of ether oxygens (including phenoxy) is 1. The molecule has 2 aromatic rings. The normalized spacial score (nSPS) is 13.2. The molecule has 1 aliphatic carbocycles. The third kappa shape index (κ3) is 4.25. The van der Waals surface area contributed by atoms with Crippen molar-refractivity contribution in [3.05, 3.63) is 47.3 Å². The van der Waals surface area contributed by atoms with Crippen LogP contribution in [0.25, 0.3) is 0 Å². The van der Waals surface area contributed by atoms with Crippen LogP contribution in [0.4, 0.5) is 5.69 Å². The summed E-state index contributed by atoms with van der Waals surface area (Å²) in [7, 11) is 0. The van der Waals surface area contributed by atoms with Crippen molar-refractivity contribution in [2.24, 2.45) is 0 Å². The number of fused-ring (bicyclic) bond motifs is 1. The van der Waals surface area contributed by atoms with Crippen LogP contribution in [0.3, 0.4) is 0 Å². The van der Waals surface area contributed by atoms with Gasteiger partial charge in [-0.05, 0) is 50.3 Å². The van der Waals surface area contributed by atoms with E-state index in [4.69, 9.17) is 4.74 Å². The zero-order valence-corrected chi connectivity index (χ0v) is 15.1. The van der Waals surface area contributed by atoms with Gasteiger partial charge in [0.1, 0.15) is 5.69 Å². The smallest absolute Gasteiger partial charge is 0.356 e. The molecule has 1 aromatic carbocycles. The van der Waals surface area contributed by atoms with E-state index in [1.54, 1.807) is 6.92 Å². The van der Waals surface area contributed by atoms with Gasteiger partial charge in [-0.25, -0.2) is 4.79 Å². The molecular weight excluding hydrogens is 336 g/mol. The molecule has 0 saturated heterocycles. The SMILES string of the molecule is CCOC(=O)c1[nH]c2c(c1NC(=O)CSc1ccccc1)CCCC2. The molecule has 25 heavy (non-hydrogen) atoms. The molecule has 6 heteroatoms. The summed E-state index contributed by atoms with van der Waals surface area (Å²) in [5.74, 6) is -0.235. The molecule has 3 rings (SSSR count). The van der Waals surface area contributed by atoms with Crippen LogP contribution in [-0.2, 0) is 22.4 Å². The van der Waals surface area contributed by atoms with E-state index in [2.05, 4.69) is 10.3 Å². The maximum atomic E-state index is 12.4. The van der Waals surface area contributed by atoms with E-state index in [0.717, 1.165) is 41.8 Å². The van der Waals surface area contributed by atoms with Crippen LogP contribution in [0.5, 0.6) is 0 Å². The van der Waals surface area contributed by atoms with Gasteiger partial charge >= 0.3 is 5.97 Å². The van der Waals surface area contributed by atoms with E-state index in [1.165, 1.54) is 11.8 Å². The Balaban J connectivity index is 1.74. The fourth-order valence-electron chi connectivity index (χ4n) is 3.02. The lowest BCUT2D eigenvalue weighted by Crippen LogP contribution is -2.18. The van der Waals surface area contributed by atoms with Gasteiger partial charge in [-0.1, -0.05) is 18.2 Å². The Kier molecular flexibility index (Phi) is 5.81. The molecule has 0 spiro atoms. The Morgan fingerprint density at radius 3 is 2.72 bits per heavy atom. The van der Waals surface area contributed by atoms with Crippen molar-refractivity contribution in [1.82, 2.24) is 4.98 Å². The minimum Gasteiger partial charge on any atom is -0.461 e. The monoisotopic (exact) mass is 358 g/mol. The van der Waals surface area contributed by atoms with Crippen LogP contribution in [0.1, 0.15) is 41.5 Å². The number of rotatable bonds is 6. The van der Waals surface area contributed by atoms with Crippen LogP contribution >= 0.6 is 11.8 Å². The predicted molar refractivity (Wildman–Crippen MR) is 99.2 cm³/mol. The fraction of sp³-hybridized carbons (Fsp3) is 0.368. The van der Waals surface area contributed by atoms with Crippen molar-refractivity contribution < 1.29 is 14.3 Å². The molecule has 0 radical (unpaired) electrons. The number of nitrogens with one attached hydrogen (secondary N) is 2. The molecule has 1 aromatic heterocycles. The molecule has 0 aliphatic heterocycles. The summed E-state index contributed by atoms with van der Waals surface area (Å²) >= 11 is 1.47. The van der Waals surface area contributed by atoms with Crippen LogP contribution < -0.4 is 5.32 Å². The van der Waals surface area contributed by atoms with Gasteiger partial charge in [0.2, 0.25) is 5.91 Å². The van der Waals surface area contributed by atoms with E-state index < -0.39 is 5.97 Å². The predicted octanol–water partition coefficient (Wildman–Crippen LogP) is 3.80. The zero-order chi connectivity index (χ0) is 17.6. The second-order valence-corrected chi connectivity index (χ2v) is 6.96. The number of aryl methyl sites for hydroxylation is 1. The average Bonchev–Trinajstić information content (AvgIpc) is 3.00. The molecule has 1 heterocycles. The molecule has 5 nitrogen and oxygen atoms in total. The third-order valence-corrected chi connectivity index (χ3v) is 5.16. The Morgan fingerprint density at radius 1 is 1.20 bits per heavy atom. The van der Waals surface area contributed by atoms with E-state index in [1.807, 2.05) is 30.3 Å². The van der Waals surface area contributed by atoms with Crippen molar-refractivity contribution in [1.29, 1.82) is 0 Å². The minimum absolute atomic E-state index is 0.119. The number of benzene rings is 1. The first-order chi connectivity index (χ1) is 12.2. The summed E-state index contributed by atoms with van der Waals surface area (Å²) in [5.41, 5.74) is 3.06. The van der Waals surface area contributed by atoms with Gasteiger partial charge in [-0.3, -0.25) is 4.79 Å². The highest BCUT2D eigenvalue weighted by Gasteiger charge is 2.25. The number of amides is 1. The van der Waals surface area contributed by atoms with Gasteiger partial charge < -0.3 is 15.0 Å². The standard InChI is InChI=1S/C19H22N2O3S/c1-2-24-19(23)18-17(14-10-6-7-11-15(14)20-18)21-16(22)12-25-13-8-4-3-5-9-13/h3-5,8-9,20H,2,6-7,10-12H2,1H3,(H,21,22). The van der Waals surface area contributed by atoms with E-state index in [9.17, 15) is 9.59 Å². The van der Waals surface area contributed by atoms with Crippen LogP contribution in [0, 0.1) is 0 Å². The Bertz CT molecular complexity index is 756. The summed E-state index contributed by atoms with van der Waals surface area (Å²) in [6.45, 7) is 2.08. The van der Waals surface area contributed by atoms with Crippen molar-refractivity contribution in [2.75, 3.05) is 17.7 Å². The first-order valence-electron chi connectivity index (χ1n) is 8.57. The van der Waals surface area contributed by atoms with E-state index in [0.29, 0.717) is 23.7 Å². The third-order valence-electron chi connectivity index (χ3n) is 4.15. The largest absolute Gasteiger partial charge is 0.461 e. The summed E-state index contributed by atoms with van der Waals surface area (Å²) < 4.78 is 5.13. The van der Waals surface area contributed by atoms with Crippen LogP contribution in [0.2, 0.25) is 0 Å². The number of thioether (sulfide) groups is 1. The van der Waals surface area contributed by atoms with Crippen molar-refractivity contribution in [2.45, 2.75) is 37.5 Å². The van der Waals surface area contributed by atoms with Crippen molar-refractivity contribution >= 4 is 29.3 Å². The second-order valence-electron chi connectivity index (χ2n) is 5.91. The zero-order valence-electron chi connectivity index (χ0n) is 14.3. The lowest BCUT2D eigenvalue weighted by atomic mass is 9.97. The highest BCUT2D eigenvalue weighted by molar-refractivity contribution is 8.00. The van der Waals surface area contributed by atoms with E-state index in [-0.39, 0.29) is 5.91 Å². The number of hydrogen-bond donors (Lipinski definition) is 2. The lowest BCUT2D eigenvalue weighted by molar-refractivity contribution is -0.113. The first-order valence-corrected chi connectivity index (χ1v) is 9.56. The maximum absolute atomic E-state index is 12.4. The molecule has 0 saturated carbocycles. The number of H-pyrrole nitrogens is 1. The van der Waals surface area contributed by atoms with Crippen LogP contribution in [-0.4, -0.2) is 29.2 Å². The van der Waals surface area contributed by atoms with Gasteiger partial charge in [0.15, 0.2) is 0 Å². The molecular formula is C19H22N2O3S. The van der Waals surface area contributed by atoms with Crippen molar-refractivity contribution in [3.63, 3.8) is 0 Å². The Morgan fingerprint density at radius 2 is 1.96 bits per heavy atom. The van der Waals surface area contributed by atoms with Gasteiger partial charge in [0, 0.05) is 10.6 Å². The number of esters is 1. The van der Waals surface area contributed by atoms with Gasteiger partial charge in [0.25, 0.3) is 0 Å². The molecule has 2 N–H and O–H groups in total. The number of anilines is 1. The average molecular weight is 358 g/mol. The fourth-order valence-corrected chi connectivity index (χ4v) is 3.74. The Labute approximate surface area is 151 Å². The molecule has 0 atom stereocenters. The lowest BCUT2D eigenvalue weighted by Gasteiger charge is -2.13. The molecule has 1 aliphatic rings. The number of hydrogen-bond acceptors (Lipinski definition) is 4. The highest BCUT2D eigenvalue weighted by Crippen LogP contribution is 2.32. The van der Waals surface area contributed by atoms with Crippen molar-refractivity contribution in [3.8, 4) is 0 Å². The summed E-state index contributed by atoms with van der Waals surface area (Å²) in [6, 6.07) is 9.78. The molecule has 0 bridgehead atoms. The number of carbonyl (C=O) groups is 2. The van der Waals surface area contributed by atoms with E-state index >= 15 is 0 Å². The number of aromatic nitrogens is 1. The molecule has 0 unspecified atom stereocenters. The topological polar surface area (TPSA) is 71.2 Å².